The molecule has 0 radical (unpaired) electrons. The van der Waals surface area contributed by atoms with Crippen molar-refractivity contribution in [2.24, 2.45) is 0 Å². The highest BCUT2D eigenvalue weighted by molar-refractivity contribution is 5.86. The van der Waals surface area contributed by atoms with Crippen molar-refractivity contribution in [1.82, 2.24) is 4.57 Å². The van der Waals surface area contributed by atoms with Gasteiger partial charge in [0.15, 0.2) is 0 Å². The summed E-state index contributed by atoms with van der Waals surface area (Å²) in [7, 11) is 0. The molecule has 1 heterocycles. The molecule has 3 rings (SSSR count). The van der Waals surface area contributed by atoms with E-state index in [1.54, 1.807) is 0 Å². The molecule has 0 N–H and O–H groups in total. The Kier molecular flexibility index (Phi) is 3.04. The van der Waals surface area contributed by atoms with Crippen LogP contribution in [0.4, 0.5) is 0 Å². The zero-order valence-electron chi connectivity index (χ0n) is 11.7. The van der Waals surface area contributed by atoms with Crippen molar-refractivity contribution in [1.29, 1.82) is 5.26 Å². The number of fused-ring (bicyclic) bond motifs is 1. The standard InChI is InChI=1S/C18H16N2/c1-13-7-8-15(14(2)9-13)11-20-12-16(10-19)17-5-3-4-6-18(17)20/h3-9,12H,11H2,1-2H3. The summed E-state index contributed by atoms with van der Waals surface area (Å²) in [5.41, 5.74) is 5.72. The predicted octanol–water partition coefficient (Wildman–Crippen LogP) is 4.18. The van der Waals surface area contributed by atoms with Crippen LogP contribution >= 0.6 is 0 Å². The Labute approximate surface area is 118 Å². The van der Waals surface area contributed by atoms with Crippen molar-refractivity contribution in [2.45, 2.75) is 20.4 Å². The van der Waals surface area contributed by atoms with Crippen LogP contribution in [0.3, 0.4) is 0 Å². The van der Waals surface area contributed by atoms with E-state index in [-0.39, 0.29) is 0 Å². The summed E-state index contributed by atoms with van der Waals surface area (Å²) in [6, 6.07) is 16.9. The van der Waals surface area contributed by atoms with Crippen LogP contribution in [0.25, 0.3) is 10.9 Å². The van der Waals surface area contributed by atoms with Crippen LogP contribution in [0, 0.1) is 25.2 Å². The SMILES string of the molecule is Cc1ccc(Cn2cc(C#N)c3ccccc32)c(C)c1. The molecular formula is C18H16N2. The van der Waals surface area contributed by atoms with Gasteiger partial charge in [-0.15, -0.1) is 0 Å². The van der Waals surface area contributed by atoms with E-state index in [2.05, 4.69) is 48.7 Å². The second-order valence-electron chi connectivity index (χ2n) is 5.23. The minimum Gasteiger partial charge on any atom is -0.342 e. The molecule has 0 aliphatic carbocycles. The van der Waals surface area contributed by atoms with Crippen molar-refractivity contribution in [3.8, 4) is 6.07 Å². The van der Waals surface area contributed by atoms with Crippen LogP contribution in [0.2, 0.25) is 0 Å². The molecule has 0 saturated heterocycles. The number of nitriles is 1. The van der Waals surface area contributed by atoms with E-state index in [1.807, 2.05) is 24.4 Å². The second-order valence-corrected chi connectivity index (χ2v) is 5.23. The van der Waals surface area contributed by atoms with Gasteiger partial charge in [0.1, 0.15) is 6.07 Å². The van der Waals surface area contributed by atoms with Gasteiger partial charge in [0.25, 0.3) is 0 Å². The number of hydrogen-bond donors (Lipinski definition) is 0. The largest absolute Gasteiger partial charge is 0.342 e. The van der Waals surface area contributed by atoms with Crippen molar-refractivity contribution in [2.75, 3.05) is 0 Å². The molecule has 3 aromatic rings. The summed E-state index contributed by atoms with van der Waals surface area (Å²) in [4.78, 5) is 0. The molecule has 0 atom stereocenters. The Morgan fingerprint density at radius 3 is 2.65 bits per heavy atom. The van der Waals surface area contributed by atoms with Gasteiger partial charge >= 0.3 is 0 Å². The van der Waals surface area contributed by atoms with Crippen LogP contribution in [0.15, 0.2) is 48.7 Å². The molecule has 0 saturated carbocycles. The molecule has 2 aromatic carbocycles. The average molecular weight is 260 g/mol. The maximum atomic E-state index is 9.24. The van der Waals surface area contributed by atoms with Gasteiger partial charge in [-0.25, -0.2) is 0 Å². The van der Waals surface area contributed by atoms with Crippen LogP contribution in [-0.4, -0.2) is 4.57 Å². The molecule has 1 aromatic heterocycles. The van der Waals surface area contributed by atoms with E-state index in [0.717, 1.165) is 23.0 Å². The fraction of sp³-hybridized carbons (Fsp3) is 0.167. The van der Waals surface area contributed by atoms with Gasteiger partial charge in [0, 0.05) is 23.6 Å². The molecule has 2 heteroatoms. The first-order chi connectivity index (χ1) is 9.69. The number of rotatable bonds is 2. The van der Waals surface area contributed by atoms with Crippen LogP contribution < -0.4 is 0 Å². The van der Waals surface area contributed by atoms with Gasteiger partial charge in [0.05, 0.1) is 5.56 Å². The number of nitrogens with zero attached hydrogens (tertiary/aromatic N) is 2. The van der Waals surface area contributed by atoms with E-state index < -0.39 is 0 Å². The Morgan fingerprint density at radius 2 is 1.90 bits per heavy atom. The lowest BCUT2D eigenvalue weighted by atomic mass is 10.1. The highest BCUT2D eigenvalue weighted by Gasteiger charge is 2.08. The maximum Gasteiger partial charge on any atom is 0.101 e. The fourth-order valence-corrected chi connectivity index (χ4v) is 2.67. The van der Waals surface area contributed by atoms with Gasteiger partial charge in [-0.1, -0.05) is 42.0 Å². The van der Waals surface area contributed by atoms with Gasteiger partial charge < -0.3 is 4.57 Å². The monoisotopic (exact) mass is 260 g/mol. The first-order valence-electron chi connectivity index (χ1n) is 6.73. The van der Waals surface area contributed by atoms with Gasteiger partial charge in [0.2, 0.25) is 0 Å². The molecule has 0 amide bonds. The summed E-state index contributed by atoms with van der Waals surface area (Å²) >= 11 is 0. The van der Waals surface area contributed by atoms with Crippen LogP contribution in [-0.2, 0) is 6.54 Å². The summed E-state index contributed by atoms with van der Waals surface area (Å²) in [5.74, 6) is 0. The van der Waals surface area contributed by atoms with E-state index in [0.29, 0.717) is 0 Å². The second kappa shape index (κ2) is 4.86. The number of aromatic nitrogens is 1. The number of benzene rings is 2. The highest BCUT2D eigenvalue weighted by Crippen LogP contribution is 2.22. The summed E-state index contributed by atoms with van der Waals surface area (Å²) < 4.78 is 2.16. The van der Waals surface area contributed by atoms with Crippen molar-refractivity contribution in [3.63, 3.8) is 0 Å². The lowest BCUT2D eigenvalue weighted by molar-refractivity contribution is 0.829. The third-order valence-electron chi connectivity index (χ3n) is 3.75. The van der Waals surface area contributed by atoms with Crippen molar-refractivity contribution < 1.29 is 0 Å². The minimum absolute atomic E-state index is 0.741. The van der Waals surface area contributed by atoms with E-state index in [9.17, 15) is 5.26 Å². The molecule has 20 heavy (non-hydrogen) atoms. The third-order valence-corrected chi connectivity index (χ3v) is 3.75. The third kappa shape index (κ3) is 2.08. The molecule has 0 aliphatic rings. The van der Waals surface area contributed by atoms with Gasteiger partial charge in [-0.2, -0.15) is 5.26 Å². The zero-order valence-corrected chi connectivity index (χ0v) is 11.7. The Morgan fingerprint density at radius 1 is 1.10 bits per heavy atom. The molecule has 98 valence electrons. The Balaban J connectivity index is 2.09. The minimum atomic E-state index is 0.741. The van der Waals surface area contributed by atoms with Crippen molar-refractivity contribution in [3.05, 3.63) is 70.9 Å². The highest BCUT2D eigenvalue weighted by atomic mass is 15.0. The Hall–Kier alpha value is -2.53. The van der Waals surface area contributed by atoms with E-state index in [4.69, 9.17) is 0 Å². The predicted molar refractivity (Wildman–Crippen MR) is 81.7 cm³/mol. The van der Waals surface area contributed by atoms with Crippen LogP contribution in [0.1, 0.15) is 22.3 Å². The normalized spacial score (nSPS) is 10.7. The first kappa shape index (κ1) is 12.5. The molecule has 2 nitrogen and oxygen atoms in total. The summed E-state index contributed by atoms with van der Waals surface area (Å²) in [6.45, 7) is 5.04. The zero-order chi connectivity index (χ0) is 14.1. The molecule has 0 aliphatic heterocycles. The summed E-state index contributed by atoms with van der Waals surface area (Å²) in [5, 5.41) is 10.3. The summed E-state index contributed by atoms with van der Waals surface area (Å²) in [6.07, 6.45) is 1.95. The quantitative estimate of drug-likeness (QED) is 0.679. The Bertz CT molecular complexity index is 819. The molecule has 0 bridgehead atoms. The molecule has 0 spiro atoms. The van der Waals surface area contributed by atoms with Crippen molar-refractivity contribution >= 4 is 10.9 Å². The first-order valence-corrected chi connectivity index (χ1v) is 6.73. The topological polar surface area (TPSA) is 28.7 Å². The molecular weight excluding hydrogens is 244 g/mol. The number of aryl methyl sites for hydroxylation is 2. The lowest BCUT2D eigenvalue weighted by Crippen LogP contribution is -2.00. The lowest BCUT2D eigenvalue weighted by Gasteiger charge is -2.09. The molecule has 0 fully saturated rings. The van der Waals surface area contributed by atoms with E-state index >= 15 is 0 Å². The number of para-hydroxylation sites is 1. The van der Waals surface area contributed by atoms with E-state index in [1.165, 1.54) is 16.7 Å². The average Bonchev–Trinajstić information content (AvgIpc) is 2.80. The fourth-order valence-electron chi connectivity index (χ4n) is 2.67. The maximum absolute atomic E-state index is 9.24. The van der Waals surface area contributed by atoms with Crippen LogP contribution in [0.5, 0.6) is 0 Å². The van der Waals surface area contributed by atoms with Gasteiger partial charge in [-0.3, -0.25) is 0 Å². The molecule has 0 unspecified atom stereocenters. The van der Waals surface area contributed by atoms with Gasteiger partial charge in [-0.05, 0) is 31.0 Å². The smallest absolute Gasteiger partial charge is 0.101 e. The number of hydrogen-bond acceptors (Lipinski definition) is 1.